The maximum absolute atomic E-state index is 15.2. The summed E-state index contributed by atoms with van der Waals surface area (Å²) in [5.74, 6) is -2.61. The number of aromatic nitrogens is 5. The topological polar surface area (TPSA) is 155 Å². The molecule has 64 heavy (non-hydrogen) atoms. The van der Waals surface area contributed by atoms with E-state index in [1.807, 2.05) is 23.9 Å². The lowest BCUT2D eigenvalue weighted by atomic mass is 9.71. The number of likely N-dealkylation sites (tertiary alicyclic amines) is 1. The van der Waals surface area contributed by atoms with Gasteiger partial charge in [-0.15, -0.1) is 0 Å². The van der Waals surface area contributed by atoms with Crippen molar-refractivity contribution in [1.82, 2.24) is 34.5 Å². The van der Waals surface area contributed by atoms with Gasteiger partial charge in [0, 0.05) is 88.5 Å². The highest BCUT2D eigenvalue weighted by molar-refractivity contribution is 6.33. The van der Waals surface area contributed by atoms with Gasteiger partial charge < -0.3 is 34.6 Å². The summed E-state index contributed by atoms with van der Waals surface area (Å²) in [6, 6.07) is 10.7. The van der Waals surface area contributed by atoms with Crippen molar-refractivity contribution in [3.05, 3.63) is 63.7 Å². The number of hydrogen-bond acceptors (Lipinski definition) is 12. The zero-order valence-corrected chi connectivity index (χ0v) is 36.8. The quantitative estimate of drug-likeness (QED) is 0.153. The highest BCUT2D eigenvalue weighted by Crippen LogP contribution is 2.46. The van der Waals surface area contributed by atoms with Gasteiger partial charge in [-0.2, -0.15) is 10.1 Å². The van der Waals surface area contributed by atoms with Gasteiger partial charge in [-0.05, 0) is 98.6 Å². The minimum atomic E-state index is -3.12. The first-order valence-corrected chi connectivity index (χ1v) is 23.0. The number of nitrogens with one attached hydrogen (secondary N) is 3. The zero-order chi connectivity index (χ0) is 44.1. The third-order valence-electron chi connectivity index (χ3n) is 14.8. The number of rotatable bonds is 8. The number of fused-ring (bicyclic) bond motifs is 4. The number of piperidine rings is 3. The summed E-state index contributed by atoms with van der Waals surface area (Å²) in [5.41, 5.74) is 4.25. The Morgan fingerprint density at radius 3 is 2.45 bits per heavy atom. The van der Waals surface area contributed by atoms with Crippen molar-refractivity contribution in [1.29, 1.82) is 0 Å². The highest BCUT2D eigenvalue weighted by Gasteiger charge is 2.51. The molecule has 0 radical (unpaired) electrons. The van der Waals surface area contributed by atoms with Crippen LogP contribution in [0.2, 0.25) is 5.02 Å². The third kappa shape index (κ3) is 7.37. The van der Waals surface area contributed by atoms with Crippen LogP contribution in [0.15, 0.2) is 47.4 Å². The molecule has 18 heteroatoms. The van der Waals surface area contributed by atoms with Gasteiger partial charge in [0.25, 0.3) is 5.56 Å². The molecule has 2 aromatic carbocycles. The number of halogens is 3. The van der Waals surface area contributed by atoms with Crippen molar-refractivity contribution in [3.63, 3.8) is 0 Å². The number of ether oxygens (including phenoxy) is 1. The summed E-state index contributed by atoms with van der Waals surface area (Å²) in [6.45, 7) is 6.17. The number of nitrogens with zero attached hydrogens (tertiary/aromatic N) is 8. The second-order valence-electron chi connectivity index (χ2n) is 19.1. The number of benzene rings is 2. The van der Waals surface area contributed by atoms with Crippen LogP contribution in [0.4, 0.5) is 37.6 Å². The van der Waals surface area contributed by atoms with Gasteiger partial charge in [-0.3, -0.25) is 24.4 Å². The molecule has 1 saturated carbocycles. The first-order chi connectivity index (χ1) is 30.8. The summed E-state index contributed by atoms with van der Waals surface area (Å²) in [5, 5.41) is 15.5. The number of anilines is 5. The molecule has 5 aromatic rings. The number of pyridine rings is 1. The Labute approximate surface area is 373 Å². The van der Waals surface area contributed by atoms with Crippen LogP contribution in [0.25, 0.3) is 21.8 Å². The third-order valence-corrected chi connectivity index (χ3v) is 15.0. The molecule has 3 aromatic heterocycles. The summed E-state index contributed by atoms with van der Waals surface area (Å²) in [6.07, 6.45) is 8.23. The van der Waals surface area contributed by atoms with E-state index in [1.54, 1.807) is 19.3 Å². The number of carbonyl (C=O) groups excluding carboxylic acids is 2. The van der Waals surface area contributed by atoms with Gasteiger partial charge in [0.1, 0.15) is 5.02 Å². The Kier molecular flexibility index (Phi) is 10.0. The molecule has 5 aliphatic heterocycles. The fourth-order valence-electron chi connectivity index (χ4n) is 11.0. The lowest BCUT2D eigenvalue weighted by Gasteiger charge is -2.55. The lowest BCUT2D eigenvalue weighted by Crippen LogP contribution is -2.61. The van der Waals surface area contributed by atoms with Crippen LogP contribution in [0, 0.1) is 17.3 Å². The Balaban J connectivity index is 0.693. The predicted molar refractivity (Wildman–Crippen MR) is 241 cm³/mol. The Morgan fingerprint density at radius 2 is 1.70 bits per heavy atom. The largest absolute Gasteiger partial charge is 0.480 e. The Hall–Kier alpha value is -5.55. The van der Waals surface area contributed by atoms with Gasteiger partial charge in [-0.25, -0.2) is 13.8 Å². The van der Waals surface area contributed by atoms with Gasteiger partial charge >= 0.3 is 5.92 Å². The molecule has 2 unspecified atom stereocenters. The molecule has 1 aliphatic carbocycles. The monoisotopic (exact) mass is 895 g/mol. The molecule has 5 fully saturated rings. The number of carbonyl (C=O) groups is 2. The van der Waals surface area contributed by atoms with Crippen molar-refractivity contribution < 1.29 is 23.1 Å². The smallest absolute Gasteiger partial charge is 0.301 e. The second-order valence-corrected chi connectivity index (χ2v) is 19.5. The van der Waals surface area contributed by atoms with Crippen LogP contribution < -0.4 is 36.0 Å². The van der Waals surface area contributed by atoms with Crippen LogP contribution in [0.3, 0.4) is 0 Å². The Bertz CT molecular complexity index is 2750. The molecule has 2 atom stereocenters. The van der Waals surface area contributed by atoms with Crippen LogP contribution in [0.1, 0.15) is 63.0 Å². The van der Waals surface area contributed by atoms with E-state index in [2.05, 4.69) is 53.8 Å². The van der Waals surface area contributed by atoms with Crippen molar-refractivity contribution in [2.24, 2.45) is 31.3 Å². The summed E-state index contributed by atoms with van der Waals surface area (Å²) < 4.78 is 39.2. The van der Waals surface area contributed by atoms with Gasteiger partial charge in [0.2, 0.25) is 23.5 Å². The van der Waals surface area contributed by atoms with E-state index < -0.39 is 30.0 Å². The first-order valence-electron chi connectivity index (χ1n) is 22.6. The lowest BCUT2D eigenvalue weighted by molar-refractivity contribution is -0.134. The number of alkyl halides is 2. The minimum Gasteiger partial charge on any atom is -0.480 e. The van der Waals surface area contributed by atoms with Crippen LogP contribution in [0.5, 0.6) is 5.75 Å². The average molecular weight is 896 g/mol. The maximum atomic E-state index is 15.2. The summed E-state index contributed by atoms with van der Waals surface area (Å²) in [7, 11) is 3.53. The molecular weight excluding hydrogens is 844 g/mol. The van der Waals surface area contributed by atoms with E-state index in [0.717, 1.165) is 88.1 Å². The highest BCUT2D eigenvalue weighted by atomic mass is 35.5. The van der Waals surface area contributed by atoms with Crippen LogP contribution >= 0.6 is 11.6 Å². The number of imide groups is 1. The maximum Gasteiger partial charge on any atom is 0.301 e. The SMILES string of the molecule is Cn1nc(C2CCC(=O)NC2=O)c2ccc(N3CCC(CN4CC5(CCN(c6ncc(Cl)c(Nc7ccc8c(c7)c7c(c(=O)n8C)OCC(F)(F)C(C8CC8)N7)n6)CC5)C4)CC3)cc21. The number of amides is 2. The first kappa shape index (κ1) is 41.2. The molecule has 336 valence electrons. The van der Waals surface area contributed by atoms with E-state index in [1.165, 1.54) is 10.3 Å². The van der Waals surface area contributed by atoms with Gasteiger partial charge in [0.15, 0.2) is 12.4 Å². The Morgan fingerprint density at radius 1 is 0.922 bits per heavy atom. The van der Waals surface area contributed by atoms with E-state index in [9.17, 15) is 14.4 Å². The standard InChI is InChI=1S/C46H52ClF2N11O4/c1-56-34-9-5-28(19-32(34)38-39(43(56)63)64-25-46(48,49)40(53-38)27-3-4-27)51-41-33(47)21-50-44(54-41)60-17-13-45(14-18-60)23-58(24-45)22-26-11-15-59(16-12-26)29-6-7-30-35(20-29)57(2)55-37(30)31-8-10-36(61)52-42(31)62/h5-7,9,19-21,26-27,31,40,53H,3-4,8,10-18,22-25H2,1-2H3,(H,50,51,54)(H,52,61,62). The van der Waals surface area contributed by atoms with E-state index in [4.69, 9.17) is 26.4 Å². The molecule has 6 aliphatic rings. The molecule has 0 bridgehead atoms. The molecule has 8 heterocycles. The number of hydrogen-bond donors (Lipinski definition) is 3. The second kappa shape index (κ2) is 15.6. The minimum absolute atomic E-state index is 0.0992. The van der Waals surface area contributed by atoms with Crippen LogP contribution in [-0.4, -0.2) is 105 Å². The zero-order valence-electron chi connectivity index (χ0n) is 36.0. The normalized spacial score (nSPS) is 23.6. The van der Waals surface area contributed by atoms with Crippen molar-refractivity contribution in [2.45, 2.75) is 69.2 Å². The van der Waals surface area contributed by atoms with Gasteiger partial charge in [0.05, 0.1) is 40.6 Å². The summed E-state index contributed by atoms with van der Waals surface area (Å²) >= 11 is 6.65. The molecule has 1 spiro atoms. The molecule has 11 rings (SSSR count). The molecular formula is C46H52ClF2N11O4. The van der Waals surface area contributed by atoms with Gasteiger partial charge in [-0.1, -0.05) is 11.6 Å². The fourth-order valence-corrected chi connectivity index (χ4v) is 11.1. The molecule has 3 N–H and O–H groups in total. The predicted octanol–water partition coefficient (Wildman–Crippen LogP) is 6.17. The van der Waals surface area contributed by atoms with E-state index in [-0.39, 0.29) is 29.2 Å². The number of aryl methyl sites for hydroxylation is 2. The van der Waals surface area contributed by atoms with Crippen LogP contribution in [-0.2, 0) is 23.7 Å². The molecule has 4 saturated heterocycles. The van der Waals surface area contributed by atoms with Crippen molar-refractivity contribution in [3.8, 4) is 5.75 Å². The van der Waals surface area contributed by atoms with Crippen molar-refractivity contribution >= 4 is 74.0 Å². The molecule has 15 nitrogen and oxygen atoms in total. The average Bonchev–Trinajstić information content (AvgIpc) is 4.08. The van der Waals surface area contributed by atoms with E-state index >= 15 is 8.78 Å². The summed E-state index contributed by atoms with van der Waals surface area (Å²) in [4.78, 5) is 54.4. The van der Waals surface area contributed by atoms with E-state index in [0.29, 0.717) is 70.4 Å². The fraction of sp³-hybridized carbons (Fsp3) is 0.522. The molecule has 2 amide bonds. The van der Waals surface area contributed by atoms with Crippen molar-refractivity contribution in [2.75, 3.05) is 72.9 Å².